The first kappa shape index (κ1) is 11.7. The largest absolute Gasteiger partial charge is 0.350 e. The van der Waals surface area contributed by atoms with Gasteiger partial charge in [-0.3, -0.25) is 9.89 Å². The number of carbonyl (C=O) groups excluding carboxylic acids is 1. The van der Waals surface area contributed by atoms with Gasteiger partial charge in [0.05, 0.1) is 6.20 Å². The van der Waals surface area contributed by atoms with Crippen molar-refractivity contribution < 1.29 is 9.18 Å². The number of nitrogens with one attached hydrogen (secondary N) is 2. The molecular weight excluding hydrogens is 233 g/mol. The summed E-state index contributed by atoms with van der Waals surface area (Å²) in [5.74, 6) is -0.434. The highest BCUT2D eigenvalue weighted by Gasteiger charge is 2.44. The van der Waals surface area contributed by atoms with Gasteiger partial charge in [0, 0.05) is 6.54 Å². The molecule has 0 aliphatic heterocycles. The number of carbonyl (C=O) groups is 1. The zero-order valence-corrected chi connectivity index (χ0v) is 10.3. The fourth-order valence-corrected chi connectivity index (χ4v) is 2.93. The summed E-state index contributed by atoms with van der Waals surface area (Å²) < 4.78 is 13.1. The Morgan fingerprint density at radius 3 is 2.72 bits per heavy atom. The molecule has 1 aromatic heterocycles. The Morgan fingerprint density at radius 1 is 1.44 bits per heavy atom. The van der Waals surface area contributed by atoms with E-state index in [0.717, 1.165) is 6.20 Å². The molecule has 1 spiro atoms. The standard InChI is InChI=1S/C13H18FN3O/c14-10-8-16-17-11(10)12(18)15-7-9-1-3-13(4-2-9)5-6-13/h8-9H,1-7H2,(H,15,18)(H,16,17). The lowest BCUT2D eigenvalue weighted by molar-refractivity contribution is 0.0931. The Bertz CT molecular complexity index is 443. The molecule has 1 aromatic rings. The maximum atomic E-state index is 13.1. The lowest BCUT2D eigenvalue weighted by Gasteiger charge is -2.28. The third-order valence-electron chi connectivity index (χ3n) is 4.49. The second-order valence-corrected chi connectivity index (χ2v) is 5.75. The van der Waals surface area contributed by atoms with Gasteiger partial charge in [-0.25, -0.2) is 4.39 Å². The zero-order chi connectivity index (χ0) is 12.6. The van der Waals surface area contributed by atoms with Gasteiger partial charge in [0.1, 0.15) is 0 Å². The average molecular weight is 251 g/mol. The number of H-pyrrole nitrogens is 1. The number of aromatic nitrogens is 2. The molecular formula is C13H18FN3O. The number of amides is 1. The highest BCUT2D eigenvalue weighted by molar-refractivity contribution is 5.92. The predicted molar refractivity (Wildman–Crippen MR) is 64.5 cm³/mol. The van der Waals surface area contributed by atoms with Crippen molar-refractivity contribution in [2.75, 3.05) is 6.54 Å². The van der Waals surface area contributed by atoms with E-state index in [4.69, 9.17) is 0 Å². The van der Waals surface area contributed by atoms with Crippen LogP contribution in [0.3, 0.4) is 0 Å². The summed E-state index contributed by atoms with van der Waals surface area (Å²) in [5.41, 5.74) is 0.611. The summed E-state index contributed by atoms with van der Waals surface area (Å²) in [6, 6.07) is 0. The number of hydrogen-bond donors (Lipinski definition) is 2. The van der Waals surface area contributed by atoms with Gasteiger partial charge in [-0.2, -0.15) is 5.10 Å². The molecule has 3 rings (SSSR count). The minimum absolute atomic E-state index is 0.0653. The lowest BCUT2D eigenvalue weighted by Crippen LogP contribution is -2.32. The van der Waals surface area contributed by atoms with Gasteiger partial charge in [0.2, 0.25) is 0 Å². The van der Waals surface area contributed by atoms with E-state index in [1.807, 2.05) is 0 Å². The van der Waals surface area contributed by atoms with Crippen molar-refractivity contribution in [3.63, 3.8) is 0 Å². The molecule has 98 valence electrons. The van der Waals surface area contributed by atoms with Gasteiger partial charge in [-0.1, -0.05) is 0 Å². The van der Waals surface area contributed by atoms with E-state index >= 15 is 0 Å². The molecule has 0 saturated heterocycles. The van der Waals surface area contributed by atoms with Crippen LogP contribution in [0, 0.1) is 17.2 Å². The Kier molecular flexibility index (Phi) is 2.84. The third kappa shape index (κ3) is 2.26. The molecule has 2 aliphatic carbocycles. The van der Waals surface area contributed by atoms with Crippen LogP contribution in [-0.4, -0.2) is 22.6 Å². The van der Waals surface area contributed by atoms with Crippen LogP contribution in [-0.2, 0) is 0 Å². The van der Waals surface area contributed by atoms with E-state index in [1.165, 1.54) is 38.5 Å². The molecule has 0 radical (unpaired) electrons. The fraction of sp³-hybridized carbons (Fsp3) is 0.692. The van der Waals surface area contributed by atoms with Gasteiger partial charge < -0.3 is 5.32 Å². The maximum Gasteiger partial charge on any atom is 0.272 e. The summed E-state index contributed by atoms with van der Waals surface area (Å²) in [6.45, 7) is 0.646. The van der Waals surface area contributed by atoms with E-state index < -0.39 is 11.7 Å². The topological polar surface area (TPSA) is 57.8 Å². The molecule has 18 heavy (non-hydrogen) atoms. The van der Waals surface area contributed by atoms with Crippen LogP contribution in [0.4, 0.5) is 4.39 Å². The van der Waals surface area contributed by atoms with Crippen LogP contribution in [0.15, 0.2) is 6.20 Å². The summed E-state index contributed by atoms with van der Waals surface area (Å²) in [7, 11) is 0. The molecule has 5 heteroatoms. The summed E-state index contributed by atoms with van der Waals surface area (Å²) >= 11 is 0. The van der Waals surface area contributed by atoms with E-state index in [-0.39, 0.29) is 5.69 Å². The number of rotatable bonds is 3. The third-order valence-corrected chi connectivity index (χ3v) is 4.49. The van der Waals surface area contributed by atoms with Crippen molar-refractivity contribution in [2.45, 2.75) is 38.5 Å². The van der Waals surface area contributed by atoms with Crippen molar-refractivity contribution in [1.82, 2.24) is 15.5 Å². The van der Waals surface area contributed by atoms with Crippen molar-refractivity contribution in [3.05, 3.63) is 17.7 Å². The molecule has 4 nitrogen and oxygen atoms in total. The van der Waals surface area contributed by atoms with Crippen molar-refractivity contribution in [3.8, 4) is 0 Å². The minimum Gasteiger partial charge on any atom is -0.350 e. The molecule has 1 heterocycles. The molecule has 0 unspecified atom stereocenters. The zero-order valence-electron chi connectivity index (χ0n) is 10.3. The normalized spacial score (nSPS) is 22.1. The van der Waals surface area contributed by atoms with Crippen molar-refractivity contribution in [1.29, 1.82) is 0 Å². The van der Waals surface area contributed by atoms with Crippen molar-refractivity contribution >= 4 is 5.91 Å². The van der Waals surface area contributed by atoms with Crippen LogP contribution in [0.5, 0.6) is 0 Å². The highest BCUT2D eigenvalue weighted by atomic mass is 19.1. The summed E-state index contributed by atoms with van der Waals surface area (Å²) in [5, 5.41) is 8.68. The first-order chi connectivity index (χ1) is 8.69. The van der Waals surface area contributed by atoms with Crippen LogP contribution < -0.4 is 5.32 Å². The first-order valence-corrected chi connectivity index (χ1v) is 6.66. The van der Waals surface area contributed by atoms with Gasteiger partial charge in [-0.15, -0.1) is 0 Å². The number of halogens is 1. The number of aromatic amines is 1. The van der Waals surface area contributed by atoms with E-state index in [2.05, 4.69) is 15.5 Å². The predicted octanol–water partition coefficient (Wildman–Crippen LogP) is 2.25. The van der Waals surface area contributed by atoms with Crippen LogP contribution in [0.1, 0.15) is 49.0 Å². The van der Waals surface area contributed by atoms with Crippen LogP contribution in [0.2, 0.25) is 0 Å². The van der Waals surface area contributed by atoms with Crippen LogP contribution in [0.25, 0.3) is 0 Å². The fourth-order valence-electron chi connectivity index (χ4n) is 2.93. The number of hydrogen-bond acceptors (Lipinski definition) is 2. The molecule has 0 atom stereocenters. The molecule has 0 bridgehead atoms. The monoisotopic (exact) mass is 251 g/mol. The SMILES string of the molecule is O=C(NCC1CCC2(CC1)CC2)c1[nH]ncc1F. The second kappa shape index (κ2) is 4.37. The molecule has 0 aromatic carbocycles. The smallest absolute Gasteiger partial charge is 0.272 e. The Morgan fingerprint density at radius 2 is 2.17 bits per heavy atom. The Hall–Kier alpha value is -1.39. The summed E-state index contributed by atoms with van der Waals surface area (Å²) in [4.78, 5) is 11.7. The molecule has 2 N–H and O–H groups in total. The average Bonchev–Trinajstić information content (AvgIpc) is 2.99. The molecule has 1 amide bonds. The minimum atomic E-state index is -0.590. The quantitative estimate of drug-likeness (QED) is 0.865. The highest BCUT2D eigenvalue weighted by Crippen LogP contribution is 2.56. The van der Waals surface area contributed by atoms with Gasteiger partial charge >= 0.3 is 0 Å². The Balaban J connectivity index is 1.47. The van der Waals surface area contributed by atoms with E-state index in [9.17, 15) is 9.18 Å². The van der Waals surface area contributed by atoms with Gasteiger partial charge in [0.15, 0.2) is 11.5 Å². The van der Waals surface area contributed by atoms with Crippen molar-refractivity contribution in [2.24, 2.45) is 11.3 Å². The first-order valence-electron chi connectivity index (χ1n) is 6.66. The van der Waals surface area contributed by atoms with Crippen LogP contribution >= 0.6 is 0 Å². The number of nitrogens with zero attached hydrogens (tertiary/aromatic N) is 1. The summed E-state index contributed by atoms with van der Waals surface area (Å²) in [6.07, 6.45) is 8.78. The molecule has 2 saturated carbocycles. The molecule has 2 aliphatic rings. The molecule has 2 fully saturated rings. The maximum absolute atomic E-state index is 13.1. The lowest BCUT2D eigenvalue weighted by atomic mass is 9.80. The second-order valence-electron chi connectivity index (χ2n) is 5.75. The van der Waals surface area contributed by atoms with Gasteiger partial charge in [0.25, 0.3) is 5.91 Å². The van der Waals surface area contributed by atoms with E-state index in [0.29, 0.717) is 17.9 Å². The Labute approximate surface area is 105 Å². The van der Waals surface area contributed by atoms with E-state index in [1.54, 1.807) is 0 Å². The van der Waals surface area contributed by atoms with Gasteiger partial charge in [-0.05, 0) is 49.9 Å².